The Kier molecular flexibility index (Phi) is 4.55. The Balaban J connectivity index is 2.16. The van der Waals surface area contributed by atoms with E-state index in [-0.39, 0.29) is 12.3 Å². The second-order valence-electron chi connectivity index (χ2n) is 4.37. The zero-order valence-corrected chi connectivity index (χ0v) is 11.0. The van der Waals surface area contributed by atoms with Crippen molar-refractivity contribution in [1.82, 2.24) is 4.98 Å². The molecule has 0 atom stereocenters. The van der Waals surface area contributed by atoms with Gasteiger partial charge >= 0.3 is 5.97 Å². The number of aliphatic carboxylic acids is 1. The van der Waals surface area contributed by atoms with Crippen molar-refractivity contribution in [2.45, 2.75) is 12.8 Å². The van der Waals surface area contributed by atoms with Gasteiger partial charge in [0.15, 0.2) is 0 Å². The first-order valence-corrected chi connectivity index (χ1v) is 6.40. The Labute approximate surface area is 116 Å². The molecule has 1 amide bonds. The van der Waals surface area contributed by atoms with Gasteiger partial charge in [0.2, 0.25) is 0 Å². The minimum Gasteiger partial charge on any atom is -0.481 e. The van der Waals surface area contributed by atoms with Crippen LogP contribution in [0, 0.1) is 0 Å². The summed E-state index contributed by atoms with van der Waals surface area (Å²) in [5.41, 5.74) is 1.25. The highest BCUT2D eigenvalue weighted by atomic mass is 16.4. The molecule has 0 spiro atoms. The van der Waals surface area contributed by atoms with Crippen LogP contribution in [-0.2, 0) is 4.79 Å². The molecule has 2 N–H and O–H groups in total. The Morgan fingerprint density at radius 1 is 1.10 bits per heavy atom. The molecule has 0 saturated heterocycles. The summed E-state index contributed by atoms with van der Waals surface area (Å²) in [4.78, 5) is 27.5. The van der Waals surface area contributed by atoms with Crippen LogP contribution < -0.4 is 4.90 Å². The van der Waals surface area contributed by atoms with E-state index in [9.17, 15) is 9.59 Å². The third kappa shape index (κ3) is 3.47. The number of amides is 1. The molecule has 2 rings (SSSR count). The van der Waals surface area contributed by atoms with Crippen molar-refractivity contribution in [2.75, 3.05) is 11.4 Å². The molecule has 104 valence electrons. The van der Waals surface area contributed by atoms with Gasteiger partial charge < -0.3 is 15.0 Å². The third-order valence-electron chi connectivity index (χ3n) is 2.91. The van der Waals surface area contributed by atoms with Gasteiger partial charge in [0.25, 0.3) is 5.91 Å². The number of rotatable bonds is 6. The number of aromatic nitrogens is 1. The zero-order valence-electron chi connectivity index (χ0n) is 11.0. The number of carbonyl (C=O) groups excluding carboxylic acids is 1. The van der Waals surface area contributed by atoms with Crippen LogP contribution >= 0.6 is 0 Å². The number of hydrogen-bond acceptors (Lipinski definition) is 2. The lowest BCUT2D eigenvalue weighted by molar-refractivity contribution is -0.137. The number of H-pyrrole nitrogens is 1. The standard InChI is InChI=1S/C15H16N2O3/c18-14(19)9-5-11-17(12-6-2-1-3-7-12)15(20)13-8-4-10-16-13/h1-4,6-8,10,16H,5,9,11H2,(H,18,19). The maximum atomic E-state index is 12.4. The molecule has 2 aromatic rings. The van der Waals surface area contributed by atoms with Crippen LogP contribution in [0.15, 0.2) is 48.7 Å². The van der Waals surface area contributed by atoms with E-state index < -0.39 is 5.97 Å². The molecule has 0 aliphatic carbocycles. The highest BCUT2D eigenvalue weighted by Gasteiger charge is 2.18. The number of carboxylic acids is 1. The average molecular weight is 272 g/mol. The van der Waals surface area contributed by atoms with E-state index in [1.54, 1.807) is 23.2 Å². The lowest BCUT2D eigenvalue weighted by Crippen LogP contribution is -2.32. The number of hydrogen-bond donors (Lipinski definition) is 2. The van der Waals surface area contributed by atoms with E-state index >= 15 is 0 Å². The predicted molar refractivity (Wildman–Crippen MR) is 75.8 cm³/mol. The van der Waals surface area contributed by atoms with Crippen LogP contribution in [0.3, 0.4) is 0 Å². The second-order valence-corrected chi connectivity index (χ2v) is 4.37. The quantitative estimate of drug-likeness (QED) is 0.848. The smallest absolute Gasteiger partial charge is 0.303 e. The largest absolute Gasteiger partial charge is 0.481 e. The predicted octanol–water partition coefficient (Wildman–Crippen LogP) is 2.53. The number of carbonyl (C=O) groups is 2. The summed E-state index contributed by atoms with van der Waals surface area (Å²) in [6.07, 6.45) is 2.14. The van der Waals surface area contributed by atoms with Crippen molar-refractivity contribution in [3.63, 3.8) is 0 Å². The topological polar surface area (TPSA) is 73.4 Å². The first-order valence-electron chi connectivity index (χ1n) is 6.40. The maximum Gasteiger partial charge on any atom is 0.303 e. The molecule has 1 heterocycles. The number of benzene rings is 1. The third-order valence-corrected chi connectivity index (χ3v) is 2.91. The van der Waals surface area contributed by atoms with Crippen LogP contribution in [0.1, 0.15) is 23.3 Å². The first kappa shape index (κ1) is 13.9. The van der Waals surface area contributed by atoms with Crippen molar-refractivity contribution >= 4 is 17.6 Å². The molecule has 5 heteroatoms. The van der Waals surface area contributed by atoms with Gasteiger partial charge in [-0.1, -0.05) is 18.2 Å². The molecule has 0 saturated carbocycles. The van der Waals surface area contributed by atoms with E-state index in [0.717, 1.165) is 5.69 Å². The van der Waals surface area contributed by atoms with Gasteiger partial charge in [-0.15, -0.1) is 0 Å². The molecule has 5 nitrogen and oxygen atoms in total. The van der Waals surface area contributed by atoms with E-state index in [1.165, 1.54) is 0 Å². The minimum atomic E-state index is -0.856. The first-order chi connectivity index (χ1) is 9.68. The van der Waals surface area contributed by atoms with Gasteiger partial charge in [-0.3, -0.25) is 9.59 Å². The Morgan fingerprint density at radius 3 is 2.45 bits per heavy atom. The average Bonchev–Trinajstić information content (AvgIpc) is 2.98. The zero-order chi connectivity index (χ0) is 14.4. The summed E-state index contributed by atoms with van der Waals surface area (Å²) < 4.78 is 0. The summed E-state index contributed by atoms with van der Waals surface area (Å²) >= 11 is 0. The van der Waals surface area contributed by atoms with Crippen LogP contribution in [-0.4, -0.2) is 28.5 Å². The monoisotopic (exact) mass is 272 g/mol. The maximum absolute atomic E-state index is 12.4. The second kappa shape index (κ2) is 6.56. The van der Waals surface area contributed by atoms with Gasteiger partial charge in [0, 0.05) is 24.8 Å². The van der Waals surface area contributed by atoms with Crippen LogP contribution in [0.25, 0.3) is 0 Å². The number of nitrogens with one attached hydrogen (secondary N) is 1. The van der Waals surface area contributed by atoms with Crippen molar-refractivity contribution in [3.05, 3.63) is 54.4 Å². The van der Waals surface area contributed by atoms with Crippen molar-refractivity contribution in [2.24, 2.45) is 0 Å². The highest BCUT2D eigenvalue weighted by Crippen LogP contribution is 2.17. The van der Waals surface area contributed by atoms with E-state index in [0.29, 0.717) is 18.7 Å². The summed E-state index contributed by atoms with van der Waals surface area (Å²) in [5, 5.41) is 8.71. The number of para-hydroxylation sites is 1. The molecule has 1 aromatic carbocycles. The Morgan fingerprint density at radius 2 is 1.85 bits per heavy atom. The number of anilines is 1. The summed E-state index contributed by atoms with van der Waals surface area (Å²) in [6, 6.07) is 12.7. The lowest BCUT2D eigenvalue weighted by atomic mass is 10.2. The SMILES string of the molecule is O=C(O)CCCN(C(=O)c1ccc[nH]1)c1ccccc1. The molecule has 0 aliphatic rings. The highest BCUT2D eigenvalue weighted by molar-refractivity contribution is 6.04. The van der Waals surface area contributed by atoms with Crippen LogP contribution in [0.2, 0.25) is 0 Å². The molecule has 0 unspecified atom stereocenters. The van der Waals surface area contributed by atoms with Crippen LogP contribution in [0.5, 0.6) is 0 Å². The lowest BCUT2D eigenvalue weighted by Gasteiger charge is -2.22. The van der Waals surface area contributed by atoms with Gasteiger partial charge in [0.1, 0.15) is 5.69 Å². The van der Waals surface area contributed by atoms with E-state index in [4.69, 9.17) is 5.11 Å². The fourth-order valence-corrected chi connectivity index (χ4v) is 1.95. The van der Waals surface area contributed by atoms with Gasteiger partial charge in [-0.2, -0.15) is 0 Å². The number of nitrogens with zero attached hydrogens (tertiary/aromatic N) is 1. The molecule has 20 heavy (non-hydrogen) atoms. The van der Waals surface area contributed by atoms with Crippen molar-refractivity contribution < 1.29 is 14.7 Å². The molecule has 0 fully saturated rings. The molecular formula is C15H16N2O3. The Bertz CT molecular complexity index is 564. The van der Waals surface area contributed by atoms with Crippen molar-refractivity contribution in [1.29, 1.82) is 0 Å². The Hall–Kier alpha value is -2.56. The van der Waals surface area contributed by atoms with E-state index in [2.05, 4.69) is 4.98 Å². The molecule has 0 bridgehead atoms. The normalized spacial score (nSPS) is 10.2. The fraction of sp³-hybridized carbons (Fsp3) is 0.200. The fourth-order valence-electron chi connectivity index (χ4n) is 1.95. The number of carboxylic acid groups (broad SMARTS) is 1. The van der Waals surface area contributed by atoms with Crippen molar-refractivity contribution in [3.8, 4) is 0 Å². The molecular weight excluding hydrogens is 256 g/mol. The minimum absolute atomic E-state index is 0.0430. The molecule has 0 aliphatic heterocycles. The van der Waals surface area contributed by atoms with Gasteiger partial charge in [-0.05, 0) is 30.7 Å². The molecule has 0 radical (unpaired) electrons. The van der Waals surface area contributed by atoms with Gasteiger partial charge in [0.05, 0.1) is 0 Å². The van der Waals surface area contributed by atoms with Crippen LogP contribution in [0.4, 0.5) is 5.69 Å². The van der Waals surface area contributed by atoms with Gasteiger partial charge in [-0.25, -0.2) is 0 Å². The van der Waals surface area contributed by atoms with E-state index in [1.807, 2.05) is 30.3 Å². The summed E-state index contributed by atoms with van der Waals surface area (Å²) in [7, 11) is 0. The molecule has 1 aromatic heterocycles. The number of aromatic amines is 1. The summed E-state index contributed by atoms with van der Waals surface area (Å²) in [5.74, 6) is -1.02. The summed E-state index contributed by atoms with van der Waals surface area (Å²) in [6.45, 7) is 0.369.